The fourth-order valence-electron chi connectivity index (χ4n) is 2.34. The molecular weight excluding hydrogens is 250 g/mol. The Morgan fingerprint density at radius 1 is 1.30 bits per heavy atom. The quantitative estimate of drug-likeness (QED) is 0.766. The first-order valence-electron chi connectivity index (χ1n) is 7.55. The minimum Gasteiger partial charge on any atom is -0.496 e. The summed E-state index contributed by atoms with van der Waals surface area (Å²) in [5, 5.41) is 14.1. The monoisotopic (exact) mass is 279 g/mol. The first kappa shape index (κ1) is 17.0. The van der Waals surface area contributed by atoms with Crippen LogP contribution in [0.2, 0.25) is 0 Å². The van der Waals surface area contributed by atoms with Crippen LogP contribution in [0.1, 0.15) is 50.8 Å². The van der Waals surface area contributed by atoms with Crippen molar-refractivity contribution in [1.82, 2.24) is 5.32 Å². The lowest BCUT2D eigenvalue weighted by atomic mass is 9.97. The van der Waals surface area contributed by atoms with Crippen LogP contribution in [0.25, 0.3) is 0 Å². The fraction of sp³-hybridized carbons (Fsp3) is 0.647. The van der Waals surface area contributed by atoms with E-state index in [4.69, 9.17) is 4.74 Å². The topological polar surface area (TPSA) is 41.5 Å². The first-order valence-corrected chi connectivity index (χ1v) is 7.55. The molecule has 20 heavy (non-hydrogen) atoms. The summed E-state index contributed by atoms with van der Waals surface area (Å²) in [7, 11) is 1.65. The lowest BCUT2D eigenvalue weighted by molar-refractivity contribution is 0.122. The Kier molecular flexibility index (Phi) is 7.03. The van der Waals surface area contributed by atoms with Gasteiger partial charge in [0.15, 0.2) is 0 Å². The molecule has 0 aliphatic heterocycles. The van der Waals surface area contributed by atoms with Crippen molar-refractivity contribution in [3.05, 3.63) is 29.3 Å². The molecule has 0 heterocycles. The van der Waals surface area contributed by atoms with E-state index in [0.717, 1.165) is 36.3 Å². The van der Waals surface area contributed by atoms with Crippen LogP contribution in [0.15, 0.2) is 18.2 Å². The Balaban J connectivity index is 2.79. The van der Waals surface area contributed by atoms with Gasteiger partial charge in [-0.2, -0.15) is 0 Å². The zero-order valence-electron chi connectivity index (χ0n) is 13.4. The second kappa shape index (κ2) is 8.28. The largest absolute Gasteiger partial charge is 0.496 e. The SMILES string of the molecule is CCC(NCCC(C)C)C(O)c1cc(C)ccc1OC. The molecule has 1 aromatic rings. The van der Waals surface area contributed by atoms with Crippen molar-refractivity contribution in [2.24, 2.45) is 5.92 Å². The summed E-state index contributed by atoms with van der Waals surface area (Å²) in [5.74, 6) is 1.43. The molecule has 0 spiro atoms. The highest BCUT2D eigenvalue weighted by atomic mass is 16.5. The summed E-state index contributed by atoms with van der Waals surface area (Å²) in [5.41, 5.74) is 2.01. The van der Waals surface area contributed by atoms with E-state index in [2.05, 4.69) is 26.1 Å². The van der Waals surface area contributed by atoms with Gasteiger partial charge in [0.25, 0.3) is 0 Å². The highest BCUT2D eigenvalue weighted by Gasteiger charge is 2.22. The van der Waals surface area contributed by atoms with Crippen LogP contribution >= 0.6 is 0 Å². The van der Waals surface area contributed by atoms with Gasteiger partial charge in [0.1, 0.15) is 5.75 Å². The number of methoxy groups -OCH3 is 1. The third-order valence-electron chi connectivity index (χ3n) is 3.65. The summed E-state index contributed by atoms with van der Waals surface area (Å²) in [6.45, 7) is 9.48. The zero-order valence-corrected chi connectivity index (χ0v) is 13.4. The number of ether oxygens (including phenoxy) is 1. The Bertz CT molecular complexity index is 404. The highest BCUT2D eigenvalue weighted by Crippen LogP contribution is 2.29. The van der Waals surface area contributed by atoms with Gasteiger partial charge >= 0.3 is 0 Å². The fourth-order valence-corrected chi connectivity index (χ4v) is 2.34. The van der Waals surface area contributed by atoms with Crippen molar-refractivity contribution in [3.63, 3.8) is 0 Å². The van der Waals surface area contributed by atoms with Gasteiger partial charge in [-0.25, -0.2) is 0 Å². The molecule has 114 valence electrons. The molecule has 0 aliphatic carbocycles. The summed E-state index contributed by atoms with van der Waals surface area (Å²) in [6.07, 6.45) is 1.46. The Labute approximate surface area is 123 Å². The Hall–Kier alpha value is -1.06. The number of benzene rings is 1. The minimum absolute atomic E-state index is 0.0597. The average Bonchev–Trinajstić information content (AvgIpc) is 2.42. The van der Waals surface area contributed by atoms with Crippen molar-refractivity contribution < 1.29 is 9.84 Å². The van der Waals surface area contributed by atoms with Crippen LogP contribution < -0.4 is 10.1 Å². The van der Waals surface area contributed by atoms with Crippen molar-refractivity contribution in [2.75, 3.05) is 13.7 Å². The van der Waals surface area contributed by atoms with E-state index in [9.17, 15) is 5.11 Å². The molecule has 0 amide bonds. The van der Waals surface area contributed by atoms with E-state index >= 15 is 0 Å². The number of aliphatic hydroxyl groups excluding tert-OH is 1. The maximum Gasteiger partial charge on any atom is 0.124 e. The lowest BCUT2D eigenvalue weighted by Gasteiger charge is -2.25. The van der Waals surface area contributed by atoms with Crippen LogP contribution in [0, 0.1) is 12.8 Å². The van der Waals surface area contributed by atoms with Crippen LogP contribution in [0.4, 0.5) is 0 Å². The normalized spacial score (nSPS) is 14.3. The minimum atomic E-state index is -0.540. The van der Waals surface area contributed by atoms with E-state index in [0.29, 0.717) is 5.92 Å². The van der Waals surface area contributed by atoms with Gasteiger partial charge < -0.3 is 15.2 Å². The molecule has 0 aromatic heterocycles. The summed E-state index contributed by atoms with van der Waals surface area (Å²) < 4.78 is 5.37. The lowest BCUT2D eigenvalue weighted by Crippen LogP contribution is -2.35. The molecule has 1 aromatic carbocycles. The predicted octanol–water partition coefficient (Wildman–Crippen LogP) is 3.45. The van der Waals surface area contributed by atoms with E-state index in [-0.39, 0.29) is 6.04 Å². The van der Waals surface area contributed by atoms with Gasteiger partial charge in [-0.15, -0.1) is 0 Å². The van der Waals surface area contributed by atoms with Gasteiger partial charge in [0.2, 0.25) is 0 Å². The second-order valence-corrected chi connectivity index (χ2v) is 5.84. The van der Waals surface area contributed by atoms with Gasteiger partial charge in [-0.1, -0.05) is 32.4 Å². The standard InChI is InChI=1S/C17H29NO2/c1-6-15(18-10-9-12(2)3)17(19)14-11-13(4)7-8-16(14)20-5/h7-8,11-12,15,17-19H,6,9-10H2,1-5H3. The number of aryl methyl sites for hydroxylation is 1. The molecule has 0 bridgehead atoms. The summed E-state index contributed by atoms with van der Waals surface area (Å²) in [4.78, 5) is 0. The van der Waals surface area contributed by atoms with Crippen molar-refractivity contribution >= 4 is 0 Å². The average molecular weight is 279 g/mol. The van der Waals surface area contributed by atoms with E-state index < -0.39 is 6.10 Å². The van der Waals surface area contributed by atoms with Gasteiger partial charge in [-0.05, 0) is 44.4 Å². The molecule has 0 aliphatic rings. The molecule has 0 radical (unpaired) electrons. The van der Waals surface area contributed by atoms with Crippen LogP contribution in [0.5, 0.6) is 5.75 Å². The number of aliphatic hydroxyl groups is 1. The van der Waals surface area contributed by atoms with Crippen LogP contribution in [-0.2, 0) is 0 Å². The van der Waals surface area contributed by atoms with Crippen LogP contribution in [-0.4, -0.2) is 24.8 Å². The Morgan fingerprint density at radius 3 is 2.55 bits per heavy atom. The maximum absolute atomic E-state index is 10.6. The molecule has 0 fully saturated rings. The number of hydrogen-bond donors (Lipinski definition) is 2. The maximum atomic E-state index is 10.6. The van der Waals surface area contributed by atoms with E-state index in [1.54, 1.807) is 7.11 Å². The molecular formula is C17H29NO2. The molecule has 0 saturated carbocycles. The Morgan fingerprint density at radius 2 is 2.00 bits per heavy atom. The third-order valence-corrected chi connectivity index (χ3v) is 3.65. The number of hydrogen-bond acceptors (Lipinski definition) is 3. The summed E-state index contributed by atoms with van der Waals surface area (Å²) in [6, 6.07) is 6.00. The molecule has 1 rings (SSSR count). The van der Waals surface area contributed by atoms with E-state index in [1.165, 1.54) is 0 Å². The van der Waals surface area contributed by atoms with Gasteiger partial charge in [-0.3, -0.25) is 0 Å². The van der Waals surface area contributed by atoms with Crippen molar-refractivity contribution in [2.45, 2.75) is 52.7 Å². The zero-order chi connectivity index (χ0) is 15.1. The number of nitrogens with one attached hydrogen (secondary N) is 1. The second-order valence-electron chi connectivity index (χ2n) is 5.84. The first-order chi connectivity index (χ1) is 9.49. The molecule has 2 N–H and O–H groups in total. The predicted molar refractivity (Wildman–Crippen MR) is 84.2 cm³/mol. The molecule has 3 nitrogen and oxygen atoms in total. The van der Waals surface area contributed by atoms with E-state index in [1.807, 2.05) is 25.1 Å². The van der Waals surface area contributed by atoms with Crippen molar-refractivity contribution in [3.8, 4) is 5.75 Å². The summed E-state index contributed by atoms with van der Waals surface area (Å²) >= 11 is 0. The van der Waals surface area contributed by atoms with Gasteiger partial charge in [0.05, 0.1) is 13.2 Å². The molecule has 2 unspecified atom stereocenters. The third kappa shape index (κ3) is 4.80. The molecule has 2 atom stereocenters. The van der Waals surface area contributed by atoms with Crippen LogP contribution in [0.3, 0.4) is 0 Å². The highest BCUT2D eigenvalue weighted by molar-refractivity contribution is 5.39. The van der Waals surface area contributed by atoms with Gasteiger partial charge in [0, 0.05) is 11.6 Å². The van der Waals surface area contributed by atoms with Crippen molar-refractivity contribution in [1.29, 1.82) is 0 Å². The smallest absolute Gasteiger partial charge is 0.124 e. The molecule has 0 saturated heterocycles. The number of rotatable bonds is 8. The molecule has 3 heteroatoms.